The molecule has 4 heteroatoms. The van der Waals surface area contributed by atoms with Crippen LogP contribution in [0.4, 0.5) is 0 Å². The fourth-order valence-electron chi connectivity index (χ4n) is 2.60. The van der Waals surface area contributed by atoms with Crippen LogP contribution in [-0.4, -0.2) is 22.8 Å². The van der Waals surface area contributed by atoms with Gasteiger partial charge in [0, 0.05) is 37.1 Å². The number of rotatable bonds is 6. The Morgan fingerprint density at radius 2 is 1.73 bits per heavy atom. The van der Waals surface area contributed by atoms with Gasteiger partial charge in [-0.25, -0.2) is 0 Å². The number of carbonyl (C=O) groups is 1. The molecule has 0 saturated heterocycles. The van der Waals surface area contributed by atoms with Crippen molar-refractivity contribution in [2.75, 3.05) is 7.05 Å². The summed E-state index contributed by atoms with van der Waals surface area (Å²) in [5, 5.41) is 0. The lowest BCUT2D eigenvalue weighted by Crippen LogP contribution is -2.26. The number of aromatic nitrogens is 1. The smallest absolute Gasteiger partial charge is 0.253 e. The molecule has 0 aliphatic rings. The average molecular weight is 346 g/mol. The molecule has 0 radical (unpaired) electrons. The summed E-state index contributed by atoms with van der Waals surface area (Å²) < 4.78 is 5.73. The van der Waals surface area contributed by atoms with E-state index in [1.54, 1.807) is 29.4 Å². The van der Waals surface area contributed by atoms with E-state index in [9.17, 15) is 4.79 Å². The van der Waals surface area contributed by atoms with E-state index in [-0.39, 0.29) is 5.91 Å². The highest BCUT2D eigenvalue weighted by Gasteiger charge is 2.12. The van der Waals surface area contributed by atoms with Crippen LogP contribution in [0.15, 0.2) is 73.1 Å². The molecule has 0 saturated carbocycles. The zero-order chi connectivity index (χ0) is 18.4. The van der Waals surface area contributed by atoms with E-state index in [2.05, 4.69) is 36.2 Å². The molecule has 0 atom stereocenters. The first-order chi connectivity index (χ1) is 12.6. The number of nitrogens with zero attached hydrogens (tertiary/aromatic N) is 2. The Morgan fingerprint density at radius 3 is 2.38 bits per heavy atom. The summed E-state index contributed by atoms with van der Waals surface area (Å²) in [7, 11) is 1.81. The molecule has 0 spiro atoms. The Kier molecular flexibility index (Phi) is 5.64. The van der Waals surface area contributed by atoms with Crippen molar-refractivity contribution in [3.63, 3.8) is 0 Å². The molecule has 0 aliphatic heterocycles. The zero-order valence-electron chi connectivity index (χ0n) is 15.1. The van der Waals surface area contributed by atoms with Crippen LogP contribution in [0.5, 0.6) is 5.75 Å². The van der Waals surface area contributed by atoms with Gasteiger partial charge in [0.15, 0.2) is 0 Å². The number of carbonyl (C=O) groups excluding carboxylic acids is 1. The summed E-state index contributed by atoms with van der Waals surface area (Å²) in [6, 6.07) is 19.3. The highest BCUT2D eigenvalue weighted by atomic mass is 16.5. The van der Waals surface area contributed by atoms with E-state index < -0.39 is 0 Å². The molecule has 3 rings (SSSR count). The van der Waals surface area contributed by atoms with Crippen LogP contribution in [0.25, 0.3) is 0 Å². The summed E-state index contributed by atoms with van der Waals surface area (Å²) >= 11 is 0. The second kappa shape index (κ2) is 8.30. The molecule has 0 aliphatic carbocycles. The maximum absolute atomic E-state index is 12.6. The number of hydrogen-bond acceptors (Lipinski definition) is 3. The van der Waals surface area contributed by atoms with Crippen molar-refractivity contribution in [2.24, 2.45) is 0 Å². The standard InChI is InChI=1S/C22H22N2O2/c1-17-5-7-18(8-6-17)15-24(2)22(25)20-9-11-21(12-10-20)26-16-19-4-3-13-23-14-19/h3-14H,15-16H2,1-2H3. The van der Waals surface area contributed by atoms with Gasteiger partial charge in [0.1, 0.15) is 12.4 Å². The SMILES string of the molecule is Cc1ccc(CN(C)C(=O)c2ccc(OCc3cccnc3)cc2)cc1. The second-order valence-corrected chi connectivity index (χ2v) is 6.32. The van der Waals surface area contributed by atoms with Crippen molar-refractivity contribution in [1.29, 1.82) is 0 Å². The predicted octanol–water partition coefficient (Wildman–Crippen LogP) is 4.24. The van der Waals surface area contributed by atoms with Crippen molar-refractivity contribution in [3.8, 4) is 5.75 Å². The Balaban J connectivity index is 1.58. The lowest BCUT2D eigenvalue weighted by atomic mass is 10.1. The van der Waals surface area contributed by atoms with Crippen LogP contribution in [-0.2, 0) is 13.2 Å². The van der Waals surface area contributed by atoms with Gasteiger partial charge in [-0.15, -0.1) is 0 Å². The molecule has 0 unspecified atom stereocenters. The Labute approximate surface area is 154 Å². The largest absolute Gasteiger partial charge is 0.489 e. The lowest BCUT2D eigenvalue weighted by molar-refractivity contribution is 0.0785. The molecule has 1 aromatic heterocycles. The van der Waals surface area contributed by atoms with Crippen molar-refractivity contribution in [3.05, 3.63) is 95.3 Å². The number of ether oxygens (including phenoxy) is 1. The quantitative estimate of drug-likeness (QED) is 0.670. The van der Waals surface area contributed by atoms with E-state index in [1.807, 2.05) is 31.3 Å². The topological polar surface area (TPSA) is 42.4 Å². The van der Waals surface area contributed by atoms with E-state index in [0.717, 1.165) is 16.9 Å². The van der Waals surface area contributed by atoms with Crippen molar-refractivity contribution < 1.29 is 9.53 Å². The van der Waals surface area contributed by atoms with Gasteiger partial charge in [0.25, 0.3) is 5.91 Å². The van der Waals surface area contributed by atoms with E-state index in [0.29, 0.717) is 18.7 Å². The van der Waals surface area contributed by atoms with Crippen molar-refractivity contribution in [1.82, 2.24) is 9.88 Å². The highest BCUT2D eigenvalue weighted by molar-refractivity contribution is 5.94. The first-order valence-electron chi connectivity index (χ1n) is 8.54. The summed E-state index contributed by atoms with van der Waals surface area (Å²) in [6.07, 6.45) is 3.51. The normalized spacial score (nSPS) is 10.4. The van der Waals surface area contributed by atoms with Crippen molar-refractivity contribution in [2.45, 2.75) is 20.1 Å². The minimum absolute atomic E-state index is 0.00983. The fraction of sp³-hybridized carbons (Fsp3) is 0.182. The Bertz CT molecular complexity index is 844. The molecule has 0 fully saturated rings. The highest BCUT2D eigenvalue weighted by Crippen LogP contribution is 2.16. The average Bonchev–Trinajstić information content (AvgIpc) is 2.69. The van der Waals surface area contributed by atoms with Gasteiger partial charge >= 0.3 is 0 Å². The lowest BCUT2D eigenvalue weighted by Gasteiger charge is -2.17. The second-order valence-electron chi connectivity index (χ2n) is 6.32. The molecule has 4 nitrogen and oxygen atoms in total. The fourth-order valence-corrected chi connectivity index (χ4v) is 2.60. The van der Waals surface area contributed by atoms with Gasteiger partial charge < -0.3 is 9.64 Å². The predicted molar refractivity (Wildman–Crippen MR) is 102 cm³/mol. The number of benzene rings is 2. The minimum Gasteiger partial charge on any atom is -0.489 e. The summed E-state index contributed by atoms with van der Waals surface area (Å²) in [6.45, 7) is 3.09. The van der Waals surface area contributed by atoms with Gasteiger partial charge in [-0.05, 0) is 42.8 Å². The van der Waals surface area contributed by atoms with E-state index in [4.69, 9.17) is 4.74 Å². The molecule has 0 bridgehead atoms. The molecular formula is C22H22N2O2. The maximum Gasteiger partial charge on any atom is 0.253 e. The van der Waals surface area contributed by atoms with Gasteiger partial charge in [-0.3, -0.25) is 9.78 Å². The summed E-state index contributed by atoms with van der Waals surface area (Å²) in [4.78, 5) is 18.4. The molecule has 132 valence electrons. The van der Waals surface area contributed by atoms with Crippen LogP contribution >= 0.6 is 0 Å². The summed E-state index contributed by atoms with van der Waals surface area (Å²) in [5.74, 6) is 0.718. The van der Waals surface area contributed by atoms with Gasteiger partial charge in [-0.1, -0.05) is 35.9 Å². The van der Waals surface area contributed by atoms with Crippen LogP contribution in [0.1, 0.15) is 27.0 Å². The Hall–Kier alpha value is -3.14. The monoisotopic (exact) mass is 346 g/mol. The number of aryl methyl sites for hydroxylation is 1. The molecule has 1 amide bonds. The number of amides is 1. The van der Waals surface area contributed by atoms with Crippen LogP contribution in [0.3, 0.4) is 0 Å². The van der Waals surface area contributed by atoms with Gasteiger partial charge in [0.05, 0.1) is 0 Å². The third-order valence-corrected chi connectivity index (χ3v) is 4.12. The molecule has 26 heavy (non-hydrogen) atoms. The first-order valence-corrected chi connectivity index (χ1v) is 8.54. The Morgan fingerprint density at radius 1 is 1.00 bits per heavy atom. The third kappa shape index (κ3) is 4.70. The molecule has 1 heterocycles. The number of pyridine rings is 1. The number of hydrogen-bond donors (Lipinski definition) is 0. The van der Waals surface area contributed by atoms with Gasteiger partial charge in [0.2, 0.25) is 0 Å². The van der Waals surface area contributed by atoms with Crippen LogP contribution < -0.4 is 4.74 Å². The third-order valence-electron chi connectivity index (χ3n) is 4.12. The molecular weight excluding hydrogens is 324 g/mol. The minimum atomic E-state index is -0.00983. The maximum atomic E-state index is 12.6. The van der Waals surface area contributed by atoms with Crippen LogP contribution in [0.2, 0.25) is 0 Å². The van der Waals surface area contributed by atoms with Crippen LogP contribution in [0, 0.1) is 6.92 Å². The van der Waals surface area contributed by atoms with Crippen molar-refractivity contribution >= 4 is 5.91 Å². The first kappa shape index (κ1) is 17.7. The summed E-state index contributed by atoms with van der Waals surface area (Å²) in [5.41, 5.74) is 3.98. The zero-order valence-corrected chi connectivity index (χ0v) is 15.1. The van der Waals surface area contributed by atoms with E-state index >= 15 is 0 Å². The molecule has 0 N–H and O–H groups in total. The molecule has 2 aromatic carbocycles. The van der Waals surface area contributed by atoms with E-state index in [1.165, 1.54) is 5.56 Å². The molecule has 3 aromatic rings. The van der Waals surface area contributed by atoms with Gasteiger partial charge in [-0.2, -0.15) is 0 Å².